The van der Waals surface area contributed by atoms with E-state index in [1.807, 2.05) is 19.0 Å². The first-order valence-electron chi connectivity index (χ1n) is 4.04. The van der Waals surface area contributed by atoms with Gasteiger partial charge in [-0.3, -0.25) is 0 Å². The molecule has 0 unspecified atom stereocenters. The molecular formula is C8H13N3S. The number of nitrogens with two attached hydrogens (primary N) is 1. The number of hydrogen-bond acceptors (Lipinski definition) is 4. The summed E-state index contributed by atoms with van der Waals surface area (Å²) in [6, 6.07) is 0. The lowest BCUT2D eigenvalue weighted by Gasteiger charge is -2.07. The number of aromatic nitrogens is 1. The Morgan fingerprint density at radius 1 is 1.58 bits per heavy atom. The second-order valence-electron chi connectivity index (χ2n) is 3.57. The largest absolute Gasteiger partial charge is 0.354 e. The van der Waals surface area contributed by atoms with Gasteiger partial charge in [0, 0.05) is 19.5 Å². The molecule has 1 aromatic rings. The van der Waals surface area contributed by atoms with E-state index in [9.17, 15) is 0 Å². The first-order chi connectivity index (χ1) is 5.62. The SMILES string of the molecule is CN(C)c1nc(C2(N)CC2)cs1. The number of hydrogen-bond donors (Lipinski definition) is 1. The summed E-state index contributed by atoms with van der Waals surface area (Å²) in [5.74, 6) is 0. The van der Waals surface area contributed by atoms with E-state index < -0.39 is 0 Å². The Morgan fingerprint density at radius 3 is 2.67 bits per heavy atom. The zero-order valence-corrected chi connectivity index (χ0v) is 8.19. The first-order valence-corrected chi connectivity index (χ1v) is 4.92. The van der Waals surface area contributed by atoms with Gasteiger partial charge in [-0.2, -0.15) is 0 Å². The van der Waals surface area contributed by atoms with Crippen molar-refractivity contribution in [3.8, 4) is 0 Å². The quantitative estimate of drug-likeness (QED) is 0.748. The summed E-state index contributed by atoms with van der Waals surface area (Å²) in [6.07, 6.45) is 2.17. The zero-order valence-electron chi connectivity index (χ0n) is 7.37. The molecule has 0 radical (unpaired) electrons. The highest BCUT2D eigenvalue weighted by Gasteiger charge is 2.42. The molecule has 0 saturated heterocycles. The van der Waals surface area contributed by atoms with Gasteiger partial charge in [0.05, 0.1) is 11.2 Å². The van der Waals surface area contributed by atoms with Gasteiger partial charge in [-0.05, 0) is 12.8 Å². The van der Waals surface area contributed by atoms with Gasteiger partial charge >= 0.3 is 0 Å². The molecule has 12 heavy (non-hydrogen) atoms. The Bertz CT molecular complexity index is 288. The summed E-state index contributed by atoms with van der Waals surface area (Å²) in [5, 5.41) is 3.12. The molecule has 0 amide bonds. The van der Waals surface area contributed by atoms with E-state index in [1.165, 1.54) is 0 Å². The lowest BCUT2D eigenvalue weighted by atomic mass is 10.2. The maximum absolute atomic E-state index is 6.01. The van der Waals surface area contributed by atoms with Crippen molar-refractivity contribution >= 4 is 16.5 Å². The highest BCUT2D eigenvalue weighted by atomic mass is 32.1. The molecule has 0 aliphatic heterocycles. The van der Waals surface area contributed by atoms with Gasteiger partial charge in [0.2, 0.25) is 0 Å². The highest BCUT2D eigenvalue weighted by Crippen LogP contribution is 2.43. The fourth-order valence-corrected chi connectivity index (χ4v) is 1.96. The van der Waals surface area contributed by atoms with Crippen LogP contribution in [-0.4, -0.2) is 19.1 Å². The Labute approximate surface area is 76.2 Å². The highest BCUT2D eigenvalue weighted by molar-refractivity contribution is 7.13. The minimum atomic E-state index is -0.0786. The molecule has 0 aromatic carbocycles. The molecule has 1 aliphatic rings. The van der Waals surface area contributed by atoms with Crippen molar-refractivity contribution in [3.05, 3.63) is 11.1 Å². The fraction of sp³-hybridized carbons (Fsp3) is 0.625. The second kappa shape index (κ2) is 2.44. The number of anilines is 1. The summed E-state index contributed by atoms with van der Waals surface area (Å²) in [5.41, 5.74) is 6.99. The molecule has 1 aromatic heterocycles. The lowest BCUT2D eigenvalue weighted by molar-refractivity contribution is 0.714. The van der Waals surface area contributed by atoms with Crippen molar-refractivity contribution in [2.75, 3.05) is 19.0 Å². The molecular weight excluding hydrogens is 170 g/mol. The molecule has 1 fully saturated rings. The van der Waals surface area contributed by atoms with Crippen molar-refractivity contribution in [1.82, 2.24) is 4.98 Å². The van der Waals surface area contributed by atoms with Crippen LogP contribution in [0.5, 0.6) is 0 Å². The van der Waals surface area contributed by atoms with Gasteiger partial charge in [0.1, 0.15) is 0 Å². The number of rotatable bonds is 2. The van der Waals surface area contributed by atoms with Gasteiger partial charge in [-0.25, -0.2) is 4.98 Å². The van der Waals surface area contributed by atoms with E-state index in [2.05, 4.69) is 10.4 Å². The Morgan fingerprint density at radius 2 is 2.25 bits per heavy atom. The van der Waals surface area contributed by atoms with Crippen LogP contribution in [0.1, 0.15) is 18.5 Å². The molecule has 66 valence electrons. The Kier molecular flexibility index (Phi) is 1.63. The summed E-state index contributed by atoms with van der Waals surface area (Å²) in [4.78, 5) is 6.48. The Hall–Kier alpha value is -0.610. The van der Waals surface area contributed by atoms with Crippen molar-refractivity contribution < 1.29 is 0 Å². The van der Waals surface area contributed by atoms with Crippen LogP contribution >= 0.6 is 11.3 Å². The van der Waals surface area contributed by atoms with E-state index in [0.717, 1.165) is 23.7 Å². The molecule has 1 saturated carbocycles. The summed E-state index contributed by atoms with van der Waals surface area (Å²) in [6.45, 7) is 0. The van der Waals surface area contributed by atoms with Crippen LogP contribution in [0, 0.1) is 0 Å². The molecule has 3 nitrogen and oxygen atoms in total. The van der Waals surface area contributed by atoms with E-state index >= 15 is 0 Å². The minimum Gasteiger partial charge on any atom is -0.354 e. The average Bonchev–Trinajstić information content (AvgIpc) is 2.61. The minimum absolute atomic E-state index is 0.0786. The van der Waals surface area contributed by atoms with Crippen LogP contribution in [0.2, 0.25) is 0 Å². The van der Waals surface area contributed by atoms with E-state index in [1.54, 1.807) is 11.3 Å². The standard InChI is InChI=1S/C8H13N3S/c1-11(2)7-10-6(5-12-7)8(9)3-4-8/h5H,3-4,9H2,1-2H3. The molecule has 4 heteroatoms. The predicted molar refractivity (Wildman–Crippen MR) is 51.5 cm³/mol. The van der Waals surface area contributed by atoms with Crippen LogP contribution in [0.3, 0.4) is 0 Å². The molecule has 0 atom stereocenters. The second-order valence-corrected chi connectivity index (χ2v) is 4.40. The van der Waals surface area contributed by atoms with Gasteiger partial charge < -0.3 is 10.6 Å². The number of thiazole rings is 1. The van der Waals surface area contributed by atoms with Crippen molar-refractivity contribution in [1.29, 1.82) is 0 Å². The summed E-state index contributed by atoms with van der Waals surface area (Å²) >= 11 is 1.66. The van der Waals surface area contributed by atoms with Crippen LogP contribution in [0.4, 0.5) is 5.13 Å². The monoisotopic (exact) mass is 183 g/mol. The molecule has 0 bridgehead atoms. The topological polar surface area (TPSA) is 42.2 Å². The van der Waals surface area contributed by atoms with Crippen molar-refractivity contribution in [2.24, 2.45) is 5.73 Å². The molecule has 2 N–H and O–H groups in total. The van der Waals surface area contributed by atoms with Crippen molar-refractivity contribution in [2.45, 2.75) is 18.4 Å². The molecule has 1 aliphatic carbocycles. The first kappa shape index (κ1) is 8.01. The van der Waals surface area contributed by atoms with Crippen LogP contribution < -0.4 is 10.6 Å². The van der Waals surface area contributed by atoms with Crippen LogP contribution in [0.15, 0.2) is 5.38 Å². The van der Waals surface area contributed by atoms with Gasteiger partial charge in [0.15, 0.2) is 5.13 Å². The molecule has 1 heterocycles. The van der Waals surface area contributed by atoms with Crippen LogP contribution in [-0.2, 0) is 5.54 Å². The van der Waals surface area contributed by atoms with E-state index in [0.29, 0.717) is 0 Å². The average molecular weight is 183 g/mol. The maximum atomic E-state index is 6.01. The number of nitrogens with zero attached hydrogens (tertiary/aromatic N) is 2. The third kappa shape index (κ3) is 1.21. The molecule has 2 rings (SSSR count). The fourth-order valence-electron chi connectivity index (χ4n) is 1.09. The normalized spacial score (nSPS) is 19.2. The predicted octanol–water partition coefficient (Wildman–Crippen LogP) is 1.16. The summed E-state index contributed by atoms with van der Waals surface area (Å²) < 4.78 is 0. The van der Waals surface area contributed by atoms with E-state index in [-0.39, 0.29) is 5.54 Å². The van der Waals surface area contributed by atoms with E-state index in [4.69, 9.17) is 5.73 Å². The Balaban J connectivity index is 2.25. The van der Waals surface area contributed by atoms with Gasteiger partial charge in [-0.15, -0.1) is 11.3 Å². The van der Waals surface area contributed by atoms with Crippen molar-refractivity contribution in [3.63, 3.8) is 0 Å². The van der Waals surface area contributed by atoms with Gasteiger partial charge in [-0.1, -0.05) is 0 Å². The third-order valence-electron chi connectivity index (χ3n) is 2.17. The third-order valence-corrected chi connectivity index (χ3v) is 3.18. The lowest BCUT2D eigenvalue weighted by Crippen LogP contribution is -2.19. The summed E-state index contributed by atoms with van der Waals surface area (Å²) in [7, 11) is 4.00. The zero-order chi connectivity index (χ0) is 8.77. The maximum Gasteiger partial charge on any atom is 0.185 e. The molecule has 0 spiro atoms. The van der Waals surface area contributed by atoms with Crippen LogP contribution in [0.25, 0.3) is 0 Å². The van der Waals surface area contributed by atoms with Gasteiger partial charge in [0.25, 0.3) is 0 Å². The smallest absolute Gasteiger partial charge is 0.185 e.